The number of anilines is 1. The van der Waals surface area contributed by atoms with Crippen LogP contribution in [0.4, 0.5) is 10.5 Å². The molecular formula is C17H23N3OS. The van der Waals surface area contributed by atoms with Crippen molar-refractivity contribution in [2.75, 3.05) is 18.9 Å². The Morgan fingerprint density at radius 3 is 3.00 bits per heavy atom. The van der Waals surface area contributed by atoms with Crippen LogP contribution in [0, 0.1) is 5.92 Å². The number of fused-ring (bicyclic) bond motifs is 1. The molecule has 1 aliphatic rings. The van der Waals surface area contributed by atoms with E-state index in [1.165, 1.54) is 32.1 Å². The molecule has 1 aromatic heterocycles. The minimum Gasteiger partial charge on any atom is -0.328 e. The second kappa shape index (κ2) is 7.09. The number of hydrogen-bond acceptors (Lipinski definition) is 3. The number of benzene rings is 1. The smallest absolute Gasteiger partial charge is 0.321 e. The van der Waals surface area contributed by atoms with Crippen LogP contribution in [0.3, 0.4) is 0 Å². The van der Waals surface area contributed by atoms with Crippen LogP contribution in [-0.2, 0) is 0 Å². The predicted octanol–water partition coefficient (Wildman–Crippen LogP) is 4.73. The third-order valence-electron chi connectivity index (χ3n) is 4.53. The number of urea groups is 1. The summed E-state index contributed by atoms with van der Waals surface area (Å²) in [5, 5.41) is 2.98. The fourth-order valence-corrected chi connectivity index (χ4v) is 3.82. The number of amides is 2. The van der Waals surface area contributed by atoms with E-state index in [-0.39, 0.29) is 6.03 Å². The van der Waals surface area contributed by atoms with Crippen molar-refractivity contribution in [3.8, 4) is 0 Å². The Hall–Kier alpha value is -1.62. The topological polar surface area (TPSA) is 45.2 Å². The zero-order chi connectivity index (χ0) is 15.4. The summed E-state index contributed by atoms with van der Waals surface area (Å²) < 4.78 is 1.10. The van der Waals surface area contributed by atoms with Crippen LogP contribution in [0.5, 0.6) is 0 Å². The zero-order valence-electron chi connectivity index (χ0n) is 13.0. The number of nitrogens with zero attached hydrogens (tertiary/aromatic N) is 2. The molecule has 0 aliphatic heterocycles. The summed E-state index contributed by atoms with van der Waals surface area (Å²) in [6.07, 6.45) is 7.88. The van der Waals surface area contributed by atoms with Crippen LogP contribution in [0.15, 0.2) is 23.7 Å². The zero-order valence-corrected chi connectivity index (χ0v) is 13.9. The molecule has 0 radical (unpaired) electrons. The van der Waals surface area contributed by atoms with Crippen LogP contribution in [0.25, 0.3) is 10.2 Å². The fourth-order valence-electron chi connectivity index (χ4n) is 3.11. The van der Waals surface area contributed by atoms with Gasteiger partial charge in [-0.05, 0) is 30.5 Å². The first-order chi connectivity index (χ1) is 10.7. The highest BCUT2D eigenvalue weighted by atomic mass is 32.1. The van der Waals surface area contributed by atoms with Crippen LogP contribution in [0.2, 0.25) is 0 Å². The quantitative estimate of drug-likeness (QED) is 0.886. The molecular weight excluding hydrogens is 294 g/mol. The molecule has 4 nitrogen and oxygen atoms in total. The largest absolute Gasteiger partial charge is 0.328 e. The van der Waals surface area contributed by atoms with E-state index >= 15 is 0 Å². The molecule has 1 heterocycles. The molecule has 1 saturated carbocycles. The van der Waals surface area contributed by atoms with Gasteiger partial charge in [0.15, 0.2) is 0 Å². The van der Waals surface area contributed by atoms with Gasteiger partial charge >= 0.3 is 6.03 Å². The first kappa shape index (κ1) is 15.3. The van der Waals surface area contributed by atoms with E-state index in [2.05, 4.69) is 10.3 Å². The van der Waals surface area contributed by atoms with Crippen molar-refractivity contribution in [2.45, 2.75) is 38.5 Å². The second-order valence-corrected chi connectivity index (χ2v) is 7.07. The summed E-state index contributed by atoms with van der Waals surface area (Å²) in [4.78, 5) is 18.3. The Balaban J connectivity index is 1.51. The first-order valence-electron chi connectivity index (χ1n) is 8.08. The highest BCUT2D eigenvalue weighted by Gasteiger charge is 2.16. The molecule has 3 rings (SSSR count). The molecule has 1 N–H and O–H groups in total. The molecule has 22 heavy (non-hydrogen) atoms. The van der Waals surface area contributed by atoms with Crippen molar-refractivity contribution in [1.82, 2.24) is 9.88 Å². The fraction of sp³-hybridized carbons (Fsp3) is 0.529. The predicted molar refractivity (Wildman–Crippen MR) is 92.5 cm³/mol. The molecule has 0 atom stereocenters. The molecule has 1 aliphatic carbocycles. The maximum absolute atomic E-state index is 12.3. The van der Waals surface area contributed by atoms with Gasteiger partial charge in [0.1, 0.15) is 0 Å². The average molecular weight is 317 g/mol. The number of thiazole rings is 1. The van der Waals surface area contributed by atoms with Crippen LogP contribution < -0.4 is 5.32 Å². The molecule has 0 bridgehead atoms. The standard InChI is InChI=1S/C17H23N3OS/c1-20(10-9-13-5-3-2-4-6-13)17(21)19-14-7-8-15-16(11-14)22-12-18-15/h7-8,11-13H,2-6,9-10H2,1H3,(H,19,21). The third-order valence-corrected chi connectivity index (χ3v) is 5.32. The van der Waals surface area contributed by atoms with Crippen molar-refractivity contribution in [3.05, 3.63) is 23.7 Å². The number of aromatic nitrogens is 1. The van der Waals surface area contributed by atoms with E-state index in [1.54, 1.807) is 16.2 Å². The van der Waals surface area contributed by atoms with Gasteiger partial charge in [-0.25, -0.2) is 9.78 Å². The van der Waals surface area contributed by atoms with Gasteiger partial charge in [0.2, 0.25) is 0 Å². The molecule has 1 aromatic carbocycles. The van der Waals surface area contributed by atoms with Gasteiger partial charge in [-0.3, -0.25) is 0 Å². The summed E-state index contributed by atoms with van der Waals surface area (Å²) >= 11 is 1.59. The van der Waals surface area contributed by atoms with Crippen molar-refractivity contribution in [1.29, 1.82) is 0 Å². The summed E-state index contributed by atoms with van der Waals surface area (Å²) in [5.41, 5.74) is 3.65. The van der Waals surface area contributed by atoms with E-state index in [4.69, 9.17) is 0 Å². The summed E-state index contributed by atoms with van der Waals surface area (Å²) in [7, 11) is 1.88. The third kappa shape index (κ3) is 3.77. The molecule has 5 heteroatoms. The van der Waals surface area contributed by atoms with Crippen LogP contribution in [0.1, 0.15) is 38.5 Å². The number of hydrogen-bond donors (Lipinski definition) is 1. The van der Waals surface area contributed by atoms with Crippen molar-refractivity contribution in [2.24, 2.45) is 5.92 Å². The maximum atomic E-state index is 12.3. The number of rotatable bonds is 4. The number of nitrogens with one attached hydrogen (secondary N) is 1. The van der Waals surface area contributed by atoms with Gasteiger partial charge in [0, 0.05) is 19.3 Å². The summed E-state index contributed by atoms with van der Waals surface area (Å²) in [6, 6.07) is 5.82. The van der Waals surface area contributed by atoms with Gasteiger partial charge in [0.05, 0.1) is 15.7 Å². The Bertz CT molecular complexity index is 634. The van der Waals surface area contributed by atoms with Crippen molar-refractivity contribution in [3.63, 3.8) is 0 Å². The molecule has 2 amide bonds. The second-order valence-electron chi connectivity index (χ2n) is 6.18. The molecule has 118 valence electrons. The van der Waals surface area contributed by atoms with Gasteiger partial charge in [-0.15, -0.1) is 11.3 Å². The SMILES string of the molecule is CN(CCC1CCCCC1)C(=O)Nc1ccc2ncsc2c1. The van der Waals surface area contributed by atoms with E-state index in [9.17, 15) is 4.79 Å². The molecule has 2 aromatic rings. The highest BCUT2D eigenvalue weighted by Crippen LogP contribution is 2.26. The van der Waals surface area contributed by atoms with Gasteiger partial charge in [-0.1, -0.05) is 32.1 Å². The lowest BCUT2D eigenvalue weighted by Crippen LogP contribution is -2.33. The van der Waals surface area contributed by atoms with E-state index in [1.807, 2.05) is 30.8 Å². The van der Waals surface area contributed by atoms with Gasteiger partial charge in [-0.2, -0.15) is 0 Å². The van der Waals surface area contributed by atoms with Crippen LogP contribution in [-0.4, -0.2) is 29.5 Å². The number of carbonyl (C=O) groups is 1. The summed E-state index contributed by atoms with van der Waals surface area (Å²) in [6.45, 7) is 0.833. The van der Waals surface area contributed by atoms with Crippen molar-refractivity contribution >= 4 is 33.3 Å². The van der Waals surface area contributed by atoms with Crippen LogP contribution >= 0.6 is 11.3 Å². The van der Waals surface area contributed by atoms with E-state index < -0.39 is 0 Å². The minimum atomic E-state index is -0.0281. The average Bonchev–Trinajstić information content (AvgIpc) is 3.01. The Labute approximate surface area is 135 Å². The van der Waals surface area contributed by atoms with Gasteiger partial charge in [0.25, 0.3) is 0 Å². The first-order valence-corrected chi connectivity index (χ1v) is 8.96. The lowest BCUT2D eigenvalue weighted by molar-refractivity contribution is 0.215. The lowest BCUT2D eigenvalue weighted by Gasteiger charge is -2.24. The Morgan fingerprint density at radius 1 is 1.36 bits per heavy atom. The van der Waals surface area contributed by atoms with E-state index in [0.29, 0.717) is 0 Å². The van der Waals surface area contributed by atoms with E-state index in [0.717, 1.165) is 34.8 Å². The maximum Gasteiger partial charge on any atom is 0.321 e. The van der Waals surface area contributed by atoms with Crippen molar-refractivity contribution < 1.29 is 4.79 Å². The Morgan fingerprint density at radius 2 is 2.18 bits per heavy atom. The molecule has 0 saturated heterocycles. The molecule has 0 spiro atoms. The normalized spacial score (nSPS) is 15.9. The molecule has 1 fully saturated rings. The number of carbonyl (C=O) groups excluding carboxylic acids is 1. The minimum absolute atomic E-state index is 0.0281. The lowest BCUT2D eigenvalue weighted by atomic mass is 9.87. The monoisotopic (exact) mass is 317 g/mol. The van der Waals surface area contributed by atoms with Gasteiger partial charge < -0.3 is 10.2 Å². The molecule has 0 unspecified atom stereocenters. The highest BCUT2D eigenvalue weighted by molar-refractivity contribution is 7.16. The Kier molecular flexibility index (Phi) is 4.93. The summed E-state index contributed by atoms with van der Waals surface area (Å²) in [5.74, 6) is 0.803.